The maximum absolute atomic E-state index is 13.6. The summed E-state index contributed by atoms with van der Waals surface area (Å²) in [6, 6.07) is 15.5. The maximum Gasteiger partial charge on any atom is 0.327 e. The minimum absolute atomic E-state index is 0.0135. The summed E-state index contributed by atoms with van der Waals surface area (Å²) in [7, 11) is 1.09. The number of aliphatic carboxylic acids is 1. The molecule has 1 aromatic heterocycles. The minimum atomic E-state index is -3.41. The molecule has 9 unspecified atom stereocenters. The van der Waals surface area contributed by atoms with E-state index < -0.39 is 91.2 Å². The number of phenolic OH excluding ortho intramolecular Hbond substituents is 1. The molecule has 4 aromatic rings. The van der Waals surface area contributed by atoms with Crippen LogP contribution in [0.25, 0.3) is 27.8 Å². The molecular weight excluding hydrogens is 842 g/mol. The van der Waals surface area contributed by atoms with E-state index in [1.165, 1.54) is 48.7 Å². The molecular formula is C44H48N3O17+. The van der Waals surface area contributed by atoms with Crippen LogP contribution >= 0.6 is 0 Å². The Hall–Kier alpha value is -5.88. The lowest BCUT2D eigenvalue weighted by atomic mass is 9.84. The summed E-state index contributed by atoms with van der Waals surface area (Å²) in [5.41, 5.74) is -0.867. The number of aliphatic imine (C=N–C) groups is 1. The van der Waals surface area contributed by atoms with Gasteiger partial charge in [0.05, 0.1) is 17.6 Å². The molecule has 0 saturated carbocycles. The highest BCUT2D eigenvalue weighted by Gasteiger charge is 2.67. The normalized spacial score (nSPS) is 25.3. The SMILES string of the molecule is CNC(O)(CCO)C(C(=O)O)C(=O)OC(O)(CO)C1OC(Oc2ccc3c(=O)c(-c4ccc(O)cc4)coc3c2)C(CO)(O[NH+]2CC3=CC=NC3=C2c2cc(C)cc(C)c2)C(O)C1O. The molecule has 0 radical (unpaired) electrons. The predicted octanol–water partition coefficient (Wildman–Crippen LogP) is -1.24. The molecule has 64 heavy (non-hydrogen) atoms. The fraction of sp³-hybridized carbons (Fsp3) is 0.364. The Balaban J connectivity index is 1.30. The van der Waals surface area contributed by atoms with E-state index in [4.69, 9.17) is 23.5 Å². The van der Waals surface area contributed by atoms with Crippen LogP contribution in [0.3, 0.4) is 0 Å². The molecule has 1 saturated heterocycles. The number of aryl methyl sites for hydroxylation is 2. The first kappa shape index (κ1) is 46.1. The number of carbonyl (C=O) groups is 2. The number of rotatable bonds is 16. The molecule has 9 atom stereocenters. The van der Waals surface area contributed by atoms with Crippen LogP contribution in [0.1, 0.15) is 23.1 Å². The number of carbonyl (C=O) groups excluding carboxylic acids is 1. The molecule has 3 aromatic carbocycles. The van der Waals surface area contributed by atoms with Gasteiger partial charge in [-0.2, -0.15) is 9.90 Å². The molecule has 20 nitrogen and oxygen atoms in total. The number of hydrogen-bond acceptors (Lipinski definition) is 18. The third-order valence-corrected chi connectivity index (χ3v) is 11.5. The van der Waals surface area contributed by atoms with Crippen molar-refractivity contribution in [1.29, 1.82) is 0 Å². The number of nitrogens with zero attached hydrogens (tertiary/aromatic N) is 1. The zero-order valence-electron chi connectivity index (χ0n) is 34.7. The summed E-state index contributed by atoms with van der Waals surface area (Å²) < 4.78 is 23.3. The van der Waals surface area contributed by atoms with Gasteiger partial charge in [0.2, 0.25) is 11.9 Å². The smallest absolute Gasteiger partial charge is 0.327 e. The Morgan fingerprint density at radius 1 is 1.02 bits per heavy atom. The number of carboxylic acid groups (broad SMARTS) is 1. The zero-order valence-corrected chi connectivity index (χ0v) is 34.7. The molecule has 0 bridgehead atoms. The number of aromatic hydroxyl groups is 1. The van der Waals surface area contributed by atoms with Crippen LogP contribution in [0.5, 0.6) is 11.5 Å². The van der Waals surface area contributed by atoms with Crippen molar-refractivity contribution >= 4 is 34.8 Å². The average molecular weight is 891 g/mol. The first-order valence-electron chi connectivity index (χ1n) is 20.0. The molecule has 0 amide bonds. The van der Waals surface area contributed by atoms with Gasteiger partial charge in [-0.25, -0.2) is 4.99 Å². The van der Waals surface area contributed by atoms with E-state index >= 15 is 0 Å². The number of quaternary nitrogens is 1. The van der Waals surface area contributed by atoms with E-state index in [2.05, 4.69) is 10.3 Å². The van der Waals surface area contributed by atoms with Gasteiger partial charge >= 0.3 is 11.9 Å². The van der Waals surface area contributed by atoms with Gasteiger partial charge in [0.1, 0.15) is 60.1 Å². The number of hydroxylamine groups is 2. The van der Waals surface area contributed by atoms with Gasteiger partial charge in [-0.15, -0.1) is 0 Å². The van der Waals surface area contributed by atoms with E-state index in [1.54, 1.807) is 12.3 Å². The topological polar surface area (TPSA) is 312 Å². The third-order valence-electron chi connectivity index (χ3n) is 11.5. The fourth-order valence-electron chi connectivity index (χ4n) is 8.23. The monoisotopic (exact) mass is 890 g/mol. The average Bonchev–Trinajstić information content (AvgIpc) is 3.84. The van der Waals surface area contributed by atoms with E-state index in [9.17, 15) is 60.3 Å². The van der Waals surface area contributed by atoms with Crippen LogP contribution in [0.2, 0.25) is 0 Å². The van der Waals surface area contributed by atoms with Crippen molar-refractivity contribution in [2.24, 2.45) is 10.9 Å². The summed E-state index contributed by atoms with van der Waals surface area (Å²) in [6.07, 6.45) is -5.49. The Kier molecular flexibility index (Phi) is 12.9. The lowest BCUT2D eigenvalue weighted by Crippen LogP contribution is -3.10. The number of nitrogens with one attached hydrogen (secondary N) is 2. The molecule has 340 valence electrons. The molecule has 4 heterocycles. The molecule has 3 aliphatic heterocycles. The summed E-state index contributed by atoms with van der Waals surface area (Å²) in [4.78, 5) is 50.6. The quantitative estimate of drug-likeness (QED) is 0.0356. The summed E-state index contributed by atoms with van der Waals surface area (Å²) in [6.45, 7) is 0.269. The highest BCUT2D eigenvalue weighted by atomic mass is 16.8. The van der Waals surface area contributed by atoms with E-state index in [0.717, 1.165) is 18.2 Å². The second-order valence-electron chi connectivity index (χ2n) is 15.9. The number of allylic oxidation sites excluding steroid dienone is 1. The first-order valence-corrected chi connectivity index (χ1v) is 20.0. The maximum atomic E-state index is 13.6. The zero-order chi connectivity index (χ0) is 46.3. The standard InChI is InChI=1S/C44H47N3O17/c1-22-14-23(2)16-26(15-22)34-33-25(10-12-46-33)18-47(34)64-42(20-49)37(54)36(53)38(44(59,21-50)63-40(57)32(39(55)56)43(58,45-3)11-13-48)62-41(42)61-28-8-9-29-31(17-28)60-19-30(35(29)52)24-4-6-27(51)7-5-24/h4-10,12,14-17,19,32,36-38,41,45,48-51,53-54,58-59H,11,13,18,20-21H2,1-3H3,(H,55,56)/p+1. The van der Waals surface area contributed by atoms with Crippen LogP contribution in [0.4, 0.5) is 0 Å². The van der Waals surface area contributed by atoms with Crippen molar-refractivity contribution < 1.29 is 84.1 Å². The lowest BCUT2D eigenvalue weighted by Gasteiger charge is -2.51. The van der Waals surface area contributed by atoms with Crippen molar-refractivity contribution in [3.8, 4) is 22.6 Å². The van der Waals surface area contributed by atoms with Crippen molar-refractivity contribution in [3.05, 3.63) is 111 Å². The number of esters is 1. The number of ether oxygens (including phenoxy) is 3. The summed E-state index contributed by atoms with van der Waals surface area (Å²) in [5, 5.41) is 100. The lowest BCUT2D eigenvalue weighted by molar-refractivity contribution is -1.04. The summed E-state index contributed by atoms with van der Waals surface area (Å²) >= 11 is 0. The number of aliphatic hydroxyl groups is 7. The molecule has 7 rings (SSSR count). The predicted molar refractivity (Wildman–Crippen MR) is 222 cm³/mol. The van der Waals surface area contributed by atoms with Gasteiger partial charge in [-0.3, -0.25) is 19.7 Å². The minimum Gasteiger partial charge on any atom is -0.508 e. The van der Waals surface area contributed by atoms with Gasteiger partial charge in [-0.05, 0) is 68.9 Å². The first-order chi connectivity index (χ1) is 30.4. The van der Waals surface area contributed by atoms with Gasteiger partial charge in [0, 0.05) is 36.4 Å². The number of benzene rings is 3. The fourth-order valence-corrected chi connectivity index (χ4v) is 8.23. The Labute approximate surface area is 363 Å². The molecule has 0 spiro atoms. The largest absolute Gasteiger partial charge is 0.508 e. The number of fused-ring (bicyclic) bond motifs is 2. The molecule has 1 fully saturated rings. The van der Waals surface area contributed by atoms with Crippen LogP contribution in [-0.4, -0.2) is 139 Å². The van der Waals surface area contributed by atoms with Crippen LogP contribution in [0.15, 0.2) is 98.5 Å². The highest BCUT2D eigenvalue weighted by Crippen LogP contribution is 2.40. The van der Waals surface area contributed by atoms with Crippen molar-refractivity contribution in [1.82, 2.24) is 5.32 Å². The van der Waals surface area contributed by atoms with Crippen LogP contribution < -0.4 is 20.5 Å². The number of hydrogen-bond donors (Lipinski definition) is 11. The van der Waals surface area contributed by atoms with Gasteiger partial charge in [-0.1, -0.05) is 29.3 Å². The molecule has 11 N–H and O–H groups in total. The van der Waals surface area contributed by atoms with Gasteiger partial charge in [0.25, 0.3) is 5.79 Å². The molecule has 0 aliphatic carbocycles. The summed E-state index contributed by atoms with van der Waals surface area (Å²) in [5.74, 6) is -9.97. The van der Waals surface area contributed by atoms with Crippen LogP contribution in [-0.2, 0) is 23.9 Å². The van der Waals surface area contributed by atoms with Gasteiger partial charge in [0.15, 0.2) is 23.1 Å². The molecule has 3 aliphatic rings. The van der Waals surface area contributed by atoms with Crippen molar-refractivity contribution in [2.45, 2.75) is 62.0 Å². The highest BCUT2D eigenvalue weighted by molar-refractivity contribution is 5.95. The third kappa shape index (κ3) is 8.32. The van der Waals surface area contributed by atoms with Crippen LogP contribution in [0, 0.1) is 19.8 Å². The van der Waals surface area contributed by atoms with E-state index in [0.29, 0.717) is 28.1 Å². The molecule has 20 heteroatoms. The van der Waals surface area contributed by atoms with E-state index in [-0.39, 0.29) is 39.6 Å². The second kappa shape index (κ2) is 17.9. The number of phenols is 1. The Morgan fingerprint density at radius 3 is 2.34 bits per heavy atom. The van der Waals surface area contributed by atoms with E-state index in [1.807, 2.05) is 32.0 Å². The Morgan fingerprint density at radius 2 is 1.72 bits per heavy atom. The van der Waals surface area contributed by atoms with Crippen molar-refractivity contribution in [3.63, 3.8) is 0 Å². The Bertz CT molecular complexity index is 2570. The second-order valence-corrected chi connectivity index (χ2v) is 15.9. The number of aliphatic hydroxyl groups excluding tert-OH is 5. The van der Waals surface area contributed by atoms with Crippen molar-refractivity contribution in [2.75, 3.05) is 33.4 Å². The van der Waals surface area contributed by atoms with Gasteiger partial charge < -0.3 is 64.6 Å². The number of carboxylic acids is 1.